The number of carbonyl (C=O) groups is 8. The molecule has 18 nitrogen and oxygen atoms in total. The fourth-order valence-electron chi connectivity index (χ4n) is 5.47. The van der Waals surface area contributed by atoms with Gasteiger partial charge < -0.3 is 57.0 Å². The van der Waals surface area contributed by atoms with E-state index in [0.717, 1.165) is 11.1 Å². The number of hydrogen-bond donors (Lipinski definition) is 7. The van der Waals surface area contributed by atoms with Crippen molar-refractivity contribution in [3.05, 3.63) is 71.8 Å². The van der Waals surface area contributed by atoms with Crippen molar-refractivity contribution in [3.63, 3.8) is 0 Å². The van der Waals surface area contributed by atoms with E-state index in [1.54, 1.807) is 34.6 Å². The number of esters is 1. The lowest BCUT2D eigenvalue weighted by Gasteiger charge is -2.21. The van der Waals surface area contributed by atoms with Gasteiger partial charge in [-0.05, 0) is 65.0 Å². The normalized spacial score (nSPS) is 13.7. The number of aliphatic carboxylic acids is 1. The summed E-state index contributed by atoms with van der Waals surface area (Å²) >= 11 is 0. The number of nitrogens with one attached hydrogen (secondary N) is 6. The molecule has 0 saturated heterocycles. The molecule has 21 heteroatoms. The van der Waals surface area contributed by atoms with E-state index in [0.29, 0.717) is 19.4 Å². The Morgan fingerprint density at radius 2 is 0.984 bits per heavy atom. The first-order valence-electron chi connectivity index (χ1n) is 20.3. The number of carboxylic acids is 1. The number of amides is 6. The Bertz CT molecular complexity index is 1770. The summed E-state index contributed by atoms with van der Waals surface area (Å²) in [5.74, 6) is -5.40. The molecule has 2 aromatic rings. The van der Waals surface area contributed by atoms with Gasteiger partial charge in [0.05, 0.1) is 0 Å². The molecule has 0 aliphatic carbocycles. The Hall–Kier alpha value is -6.25. The summed E-state index contributed by atoms with van der Waals surface area (Å²) in [6.07, 6.45) is -4.62. The van der Waals surface area contributed by atoms with Crippen LogP contribution in [-0.4, -0.2) is 96.5 Å². The number of carbonyl (C=O) groups excluding carboxylic acids is 8. The molecule has 0 unspecified atom stereocenters. The molecule has 0 radical (unpaired) electrons. The predicted octanol–water partition coefficient (Wildman–Crippen LogP) is 0.820. The van der Waals surface area contributed by atoms with Crippen LogP contribution in [0.5, 0.6) is 0 Å². The molecule has 6 atom stereocenters. The van der Waals surface area contributed by atoms with Crippen LogP contribution in [0.25, 0.3) is 0 Å². The number of rotatable bonds is 24. The van der Waals surface area contributed by atoms with E-state index in [9.17, 15) is 46.7 Å². The molecule has 63 heavy (non-hydrogen) atoms. The van der Waals surface area contributed by atoms with Crippen molar-refractivity contribution >= 4 is 47.6 Å². The van der Waals surface area contributed by atoms with Crippen LogP contribution in [0.1, 0.15) is 90.7 Å². The van der Waals surface area contributed by atoms with Crippen LogP contribution < -0.4 is 42.7 Å². The largest absolute Gasteiger partial charge is 0.542 e. The molecule has 0 heterocycles. The first kappa shape index (κ1) is 54.8. The maximum absolute atomic E-state index is 13.1. The van der Waals surface area contributed by atoms with Crippen LogP contribution in [-0.2, 0) is 56.2 Å². The zero-order valence-corrected chi connectivity index (χ0v) is 36.1. The minimum atomic E-state index is -5.19. The van der Waals surface area contributed by atoms with Gasteiger partial charge in [0.2, 0.25) is 23.6 Å². The number of benzene rings is 2. The molecule has 0 spiro atoms. The maximum atomic E-state index is 13.1. The third kappa shape index (κ3) is 26.6. The molecular weight excluding hydrogens is 835 g/mol. The van der Waals surface area contributed by atoms with Crippen LogP contribution in [0.3, 0.4) is 0 Å². The Kier molecular flexibility index (Phi) is 25.3. The monoisotopic (exact) mass is 895 g/mol. The lowest BCUT2D eigenvalue weighted by molar-refractivity contribution is -0.398. The quantitative estimate of drug-likeness (QED) is 0.0573. The number of carboxylic acid groups (broad SMARTS) is 1. The maximum Gasteiger partial charge on any atom is 0.430 e. The second kappa shape index (κ2) is 29.1. The van der Waals surface area contributed by atoms with Crippen molar-refractivity contribution in [1.29, 1.82) is 0 Å². The molecule has 350 valence electrons. The van der Waals surface area contributed by atoms with E-state index in [2.05, 4.69) is 37.6 Å². The van der Waals surface area contributed by atoms with Gasteiger partial charge in [0.1, 0.15) is 25.2 Å². The summed E-state index contributed by atoms with van der Waals surface area (Å²) in [6.45, 7) is 8.85. The second-order valence-electron chi connectivity index (χ2n) is 15.0. The zero-order valence-electron chi connectivity index (χ0n) is 36.1. The Morgan fingerprint density at radius 3 is 1.38 bits per heavy atom. The SMILES string of the molecule is C[C@H]([NH3+])C(=O)N[C@@H](C)CC(=O)N[C@@H](C)CC(=O)N[C@@H](C)CC(=O)N[C@@H](C)CC(=O)N[C@@H](CCCCNC(=O)OCc1ccccc1)C(=O)OCc1ccccc1.O=C([O-])C(F)(F)F. The van der Waals surface area contributed by atoms with Crippen molar-refractivity contribution in [2.24, 2.45) is 0 Å². The highest BCUT2D eigenvalue weighted by molar-refractivity contribution is 5.86. The molecule has 0 bridgehead atoms. The average Bonchev–Trinajstić information content (AvgIpc) is 3.18. The van der Waals surface area contributed by atoms with Gasteiger partial charge in [-0.2, -0.15) is 13.2 Å². The van der Waals surface area contributed by atoms with E-state index in [1.807, 2.05) is 60.7 Å². The fourth-order valence-corrected chi connectivity index (χ4v) is 5.47. The van der Waals surface area contributed by atoms with Gasteiger partial charge in [-0.15, -0.1) is 0 Å². The minimum Gasteiger partial charge on any atom is -0.542 e. The zero-order chi connectivity index (χ0) is 47.5. The highest BCUT2D eigenvalue weighted by atomic mass is 19.4. The third-order valence-electron chi connectivity index (χ3n) is 8.50. The van der Waals surface area contributed by atoms with Gasteiger partial charge in [-0.3, -0.25) is 24.0 Å². The number of halogens is 3. The van der Waals surface area contributed by atoms with Crippen molar-refractivity contribution < 1.29 is 71.8 Å². The van der Waals surface area contributed by atoms with Gasteiger partial charge in [0, 0.05) is 56.4 Å². The number of unbranched alkanes of at least 4 members (excludes halogenated alkanes) is 1. The van der Waals surface area contributed by atoms with Crippen LogP contribution in [0.4, 0.5) is 18.0 Å². The molecule has 0 aromatic heterocycles. The minimum absolute atomic E-state index is 0.0162. The van der Waals surface area contributed by atoms with Crippen LogP contribution in [0, 0.1) is 0 Å². The first-order valence-corrected chi connectivity index (χ1v) is 20.3. The van der Waals surface area contributed by atoms with Crippen molar-refractivity contribution in [2.75, 3.05) is 6.54 Å². The smallest absolute Gasteiger partial charge is 0.430 e. The Morgan fingerprint density at radius 1 is 0.603 bits per heavy atom. The second-order valence-corrected chi connectivity index (χ2v) is 15.0. The molecule has 0 saturated carbocycles. The molecule has 2 aromatic carbocycles. The summed E-state index contributed by atoms with van der Waals surface area (Å²) in [7, 11) is 0. The molecule has 9 N–H and O–H groups in total. The molecule has 0 aliphatic heterocycles. The number of alkyl carbamates (subject to hydrolysis) is 1. The van der Waals surface area contributed by atoms with E-state index in [-0.39, 0.29) is 68.9 Å². The first-order chi connectivity index (χ1) is 29.5. The van der Waals surface area contributed by atoms with E-state index >= 15 is 0 Å². The van der Waals surface area contributed by atoms with Gasteiger partial charge in [0.15, 0.2) is 6.04 Å². The number of quaternary nitrogens is 1. The van der Waals surface area contributed by atoms with Crippen LogP contribution in [0.2, 0.25) is 0 Å². The summed E-state index contributed by atoms with van der Waals surface area (Å²) in [5.41, 5.74) is 5.30. The topological polar surface area (TPSA) is 278 Å². The van der Waals surface area contributed by atoms with Crippen molar-refractivity contribution in [1.82, 2.24) is 31.9 Å². The summed E-state index contributed by atoms with van der Waals surface area (Å²) in [5, 5.41) is 25.1. The third-order valence-corrected chi connectivity index (χ3v) is 8.50. The van der Waals surface area contributed by atoms with Gasteiger partial charge in [-0.25, -0.2) is 9.59 Å². The number of hydrogen-bond acceptors (Lipinski definition) is 11. The highest BCUT2D eigenvalue weighted by Crippen LogP contribution is 2.12. The van der Waals surface area contributed by atoms with Crippen LogP contribution >= 0.6 is 0 Å². The molecule has 2 rings (SSSR count). The predicted molar refractivity (Wildman–Crippen MR) is 219 cm³/mol. The van der Waals surface area contributed by atoms with E-state index in [4.69, 9.17) is 19.4 Å². The van der Waals surface area contributed by atoms with Gasteiger partial charge in [-0.1, -0.05) is 60.7 Å². The summed E-state index contributed by atoms with van der Waals surface area (Å²) < 4.78 is 42.3. The molecule has 6 amide bonds. The van der Waals surface area contributed by atoms with Gasteiger partial charge >= 0.3 is 18.2 Å². The van der Waals surface area contributed by atoms with E-state index in [1.165, 1.54) is 0 Å². The standard InChI is InChI=1S/C40H59N7O9.C2HF3O2/c1-26(43-34(48)21-27(2)44-36(50)23-29(4)46-38(52)30(5)41)20-35(49)45-28(3)22-37(51)47-33(39(53)55-24-31-14-8-6-9-15-31)18-12-13-19-42-40(54)56-25-32-16-10-7-11-17-32;3-2(4,5)1(6)7/h6-11,14-17,26-30,33H,12-13,18-25,41H2,1-5H3,(H,42,54)(H,43,48)(H,44,50)(H,45,49)(H,46,52)(H,47,51);(H,6,7)/t26-,27-,28-,29-,30-,33-;/m0./s1. The van der Waals surface area contributed by atoms with E-state index < -0.39 is 66.4 Å². The summed E-state index contributed by atoms with van der Waals surface area (Å²) in [4.78, 5) is 96.4. The number of ether oxygens (including phenoxy) is 2. The molecular formula is C42H60F3N7O11. The van der Waals surface area contributed by atoms with Crippen molar-refractivity contribution in [3.8, 4) is 0 Å². The van der Waals surface area contributed by atoms with Gasteiger partial charge in [0.25, 0.3) is 5.91 Å². The van der Waals surface area contributed by atoms with Crippen molar-refractivity contribution in [2.45, 2.75) is 135 Å². The lowest BCUT2D eigenvalue weighted by Crippen LogP contribution is -2.66. The van der Waals surface area contributed by atoms with Crippen LogP contribution in [0.15, 0.2) is 60.7 Å². The Labute approximate surface area is 364 Å². The molecule has 0 aliphatic rings. The fraction of sp³-hybridized carbons (Fsp3) is 0.524. The average molecular weight is 896 g/mol. The summed E-state index contributed by atoms with van der Waals surface area (Å²) in [6, 6.07) is 15.0. The lowest BCUT2D eigenvalue weighted by atomic mass is 10.1. The highest BCUT2D eigenvalue weighted by Gasteiger charge is 2.29. The Balaban J connectivity index is 0.00000260. The number of alkyl halides is 3. The molecule has 0 fully saturated rings.